The lowest BCUT2D eigenvalue weighted by Crippen LogP contribution is -2.38. The summed E-state index contributed by atoms with van der Waals surface area (Å²) >= 11 is 0. The maximum Gasteiger partial charge on any atom is 0.255 e. The van der Waals surface area contributed by atoms with Gasteiger partial charge in [-0.15, -0.1) is 0 Å². The van der Waals surface area contributed by atoms with E-state index in [0.29, 0.717) is 29.4 Å². The summed E-state index contributed by atoms with van der Waals surface area (Å²) in [6.45, 7) is 2.80. The van der Waals surface area contributed by atoms with Crippen LogP contribution in [0, 0.1) is 5.92 Å². The van der Waals surface area contributed by atoms with Crippen molar-refractivity contribution >= 4 is 23.2 Å². The summed E-state index contributed by atoms with van der Waals surface area (Å²) in [7, 11) is 5.62. The molecule has 1 saturated carbocycles. The SMILES string of the molecule is CNc1nc(N(C)Cc2nccn2C)c(C(=O)N[C@H]2CC[C@H](C)CC2)cc1N. The molecule has 3 rings (SSSR count). The zero-order valence-corrected chi connectivity index (χ0v) is 17.2. The Morgan fingerprint density at radius 1 is 1.36 bits per heavy atom. The number of nitrogen functional groups attached to an aromatic ring is 1. The number of imidazole rings is 1. The molecule has 1 fully saturated rings. The van der Waals surface area contributed by atoms with E-state index in [9.17, 15) is 4.79 Å². The van der Waals surface area contributed by atoms with Crippen LogP contribution in [0.3, 0.4) is 0 Å². The van der Waals surface area contributed by atoms with Gasteiger partial charge >= 0.3 is 0 Å². The highest BCUT2D eigenvalue weighted by atomic mass is 16.1. The van der Waals surface area contributed by atoms with Crippen molar-refractivity contribution < 1.29 is 4.79 Å². The Kier molecular flexibility index (Phi) is 6.06. The van der Waals surface area contributed by atoms with E-state index in [1.807, 2.05) is 29.8 Å². The van der Waals surface area contributed by atoms with Crippen LogP contribution in [0.25, 0.3) is 0 Å². The van der Waals surface area contributed by atoms with Crippen LogP contribution in [-0.4, -0.2) is 40.6 Å². The number of aryl methyl sites for hydroxylation is 1. The van der Waals surface area contributed by atoms with Gasteiger partial charge in [-0.2, -0.15) is 0 Å². The lowest BCUT2D eigenvalue weighted by atomic mass is 9.87. The first kappa shape index (κ1) is 20.0. The first-order chi connectivity index (χ1) is 13.4. The Morgan fingerprint density at radius 2 is 2.07 bits per heavy atom. The summed E-state index contributed by atoms with van der Waals surface area (Å²) in [5, 5.41) is 6.18. The van der Waals surface area contributed by atoms with Gasteiger partial charge < -0.3 is 25.8 Å². The molecule has 0 saturated heterocycles. The molecule has 4 N–H and O–H groups in total. The number of carbonyl (C=O) groups is 1. The summed E-state index contributed by atoms with van der Waals surface area (Å²) in [4.78, 5) is 24.0. The first-order valence-corrected chi connectivity index (χ1v) is 9.85. The molecule has 0 bridgehead atoms. The smallest absolute Gasteiger partial charge is 0.255 e. The van der Waals surface area contributed by atoms with E-state index in [4.69, 9.17) is 5.73 Å². The molecule has 1 amide bonds. The van der Waals surface area contributed by atoms with Crippen molar-refractivity contribution in [2.24, 2.45) is 13.0 Å². The fraction of sp³-hybridized carbons (Fsp3) is 0.550. The van der Waals surface area contributed by atoms with Gasteiger partial charge in [0, 0.05) is 39.6 Å². The molecule has 0 radical (unpaired) electrons. The number of hydrogen-bond donors (Lipinski definition) is 3. The lowest BCUT2D eigenvalue weighted by molar-refractivity contribution is 0.0923. The highest BCUT2D eigenvalue weighted by Gasteiger charge is 2.24. The Balaban J connectivity index is 1.85. The van der Waals surface area contributed by atoms with Crippen LogP contribution in [0.15, 0.2) is 18.5 Å². The number of rotatable bonds is 6. The van der Waals surface area contributed by atoms with Crippen LogP contribution in [-0.2, 0) is 13.6 Å². The van der Waals surface area contributed by atoms with Gasteiger partial charge in [-0.25, -0.2) is 9.97 Å². The Labute approximate surface area is 166 Å². The molecule has 0 aromatic carbocycles. The first-order valence-electron chi connectivity index (χ1n) is 9.85. The van der Waals surface area contributed by atoms with E-state index < -0.39 is 0 Å². The van der Waals surface area contributed by atoms with Gasteiger partial charge in [0.15, 0.2) is 5.82 Å². The van der Waals surface area contributed by atoms with Gasteiger partial charge in [-0.05, 0) is 37.7 Å². The molecule has 1 aliphatic rings. The quantitative estimate of drug-likeness (QED) is 0.706. The molecule has 8 nitrogen and oxygen atoms in total. The van der Waals surface area contributed by atoms with E-state index in [-0.39, 0.29) is 11.9 Å². The number of pyridine rings is 1. The molecule has 2 aromatic heterocycles. The number of aromatic nitrogens is 3. The van der Waals surface area contributed by atoms with E-state index in [1.54, 1.807) is 19.3 Å². The van der Waals surface area contributed by atoms with Crippen molar-refractivity contribution in [2.75, 3.05) is 30.0 Å². The summed E-state index contributed by atoms with van der Waals surface area (Å²) in [6, 6.07) is 1.92. The molecule has 0 unspecified atom stereocenters. The van der Waals surface area contributed by atoms with Crippen LogP contribution in [0.5, 0.6) is 0 Å². The number of nitrogens with zero attached hydrogens (tertiary/aromatic N) is 4. The number of hydrogen-bond acceptors (Lipinski definition) is 6. The Bertz CT molecular complexity index is 824. The summed E-state index contributed by atoms with van der Waals surface area (Å²) in [5.74, 6) is 2.65. The minimum atomic E-state index is -0.122. The van der Waals surface area contributed by atoms with E-state index in [1.165, 1.54) is 0 Å². The third-order valence-corrected chi connectivity index (χ3v) is 5.53. The monoisotopic (exact) mass is 385 g/mol. The van der Waals surface area contributed by atoms with Crippen LogP contribution in [0.1, 0.15) is 48.8 Å². The highest BCUT2D eigenvalue weighted by molar-refractivity contribution is 6.00. The van der Waals surface area contributed by atoms with Gasteiger partial charge in [-0.1, -0.05) is 6.92 Å². The maximum absolute atomic E-state index is 13.1. The minimum absolute atomic E-state index is 0.122. The fourth-order valence-electron chi connectivity index (χ4n) is 3.68. The van der Waals surface area contributed by atoms with Crippen molar-refractivity contribution in [3.05, 3.63) is 29.8 Å². The Morgan fingerprint density at radius 3 is 2.68 bits per heavy atom. The molecule has 2 aromatic rings. The number of carbonyl (C=O) groups excluding carboxylic acids is 1. The largest absolute Gasteiger partial charge is 0.396 e. The van der Waals surface area contributed by atoms with Gasteiger partial charge in [0.05, 0.1) is 17.8 Å². The summed E-state index contributed by atoms with van der Waals surface area (Å²) < 4.78 is 1.95. The normalized spacial score (nSPS) is 19.3. The van der Waals surface area contributed by atoms with Crippen molar-refractivity contribution in [1.82, 2.24) is 19.9 Å². The van der Waals surface area contributed by atoms with Gasteiger partial charge in [-0.3, -0.25) is 4.79 Å². The predicted molar refractivity (Wildman–Crippen MR) is 112 cm³/mol. The topological polar surface area (TPSA) is 101 Å². The molecular weight excluding hydrogens is 354 g/mol. The average Bonchev–Trinajstić information content (AvgIpc) is 3.07. The number of nitrogens with one attached hydrogen (secondary N) is 2. The minimum Gasteiger partial charge on any atom is -0.396 e. The summed E-state index contributed by atoms with van der Waals surface area (Å²) in [6.07, 6.45) is 7.99. The molecule has 152 valence electrons. The van der Waals surface area contributed by atoms with Gasteiger partial charge in [0.25, 0.3) is 5.91 Å². The van der Waals surface area contributed by atoms with Crippen molar-refractivity contribution in [1.29, 1.82) is 0 Å². The third kappa shape index (κ3) is 4.37. The molecule has 28 heavy (non-hydrogen) atoms. The zero-order valence-electron chi connectivity index (χ0n) is 17.2. The van der Waals surface area contributed by atoms with Crippen molar-refractivity contribution in [3.63, 3.8) is 0 Å². The van der Waals surface area contributed by atoms with Crippen LogP contribution in [0.2, 0.25) is 0 Å². The molecule has 0 aliphatic heterocycles. The van der Waals surface area contributed by atoms with E-state index in [2.05, 4.69) is 27.5 Å². The van der Waals surface area contributed by atoms with Crippen LogP contribution in [0.4, 0.5) is 17.3 Å². The van der Waals surface area contributed by atoms with E-state index >= 15 is 0 Å². The number of amides is 1. The molecule has 1 aliphatic carbocycles. The third-order valence-electron chi connectivity index (χ3n) is 5.53. The lowest BCUT2D eigenvalue weighted by Gasteiger charge is -2.28. The molecule has 0 atom stereocenters. The summed E-state index contributed by atoms with van der Waals surface area (Å²) in [5.41, 5.74) is 7.06. The highest BCUT2D eigenvalue weighted by Crippen LogP contribution is 2.28. The zero-order chi connectivity index (χ0) is 20.3. The predicted octanol–water partition coefficient (Wildman–Crippen LogP) is 2.38. The molecular formula is C20H31N7O. The second-order valence-corrected chi connectivity index (χ2v) is 7.79. The fourth-order valence-corrected chi connectivity index (χ4v) is 3.68. The van der Waals surface area contributed by atoms with E-state index in [0.717, 1.165) is 37.4 Å². The Hall–Kier alpha value is -2.77. The van der Waals surface area contributed by atoms with Crippen LogP contribution < -0.4 is 21.3 Å². The van der Waals surface area contributed by atoms with Crippen molar-refractivity contribution in [3.8, 4) is 0 Å². The second-order valence-electron chi connectivity index (χ2n) is 7.79. The van der Waals surface area contributed by atoms with Crippen LogP contribution >= 0.6 is 0 Å². The van der Waals surface area contributed by atoms with Gasteiger partial charge in [0.1, 0.15) is 11.6 Å². The van der Waals surface area contributed by atoms with Gasteiger partial charge in [0.2, 0.25) is 0 Å². The standard InChI is InChI=1S/C20H31N7O/c1-13-5-7-14(8-6-13)24-20(28)15-11-16(21)18(22-2)25-19(15)27(4)12-17-23-9-10-26(17)3/h9-11,13-14H,5-8,12,21H2,1-4H3,(H,22,25)(H,24,28)/t13-,14-. The van der Waals surface area contributed by atoms with Crippen molar-refractivity contribution in [2.45, 2.75) is 45.2 Å². The molecule has 0 spiro atoms. The maximum atomic E-state index is 13.1. The average molecular weight is 386 g/mol. The molecule has 8 heteroatoms. The number of nitrogens with two attached hydrogens (primary N) is 1. The second kappa shape index (κ2) is 8.50. The number of anilines is 3. The molecule has 2 heterocycles.